The molecule has 1 N–H and O–H groups in total. The van der Waals surface area contributed by atoms with Gasteiger partial charge in [0.2, 0.25) is 0 Å². The Labute approximate surface area is 109 Å². The Morgan fingerprint density at radius 1 is 1.35 bits per heavy atom. The maximum Gasteiger partial charge on any atom is 0.146 e. The van der Waals surface area contributed by atoms with Crippen LogP contribution in [-0.2, 0) is 13.2 Å². The molecular weight excluding hydrogens is 282 g/mol. The van der Waals surface area contributed by atoms with Crippen LogP contribution in [0, 0.1) is 0 Å². The van der Waals surface area contributed by atoms with Crippen molar-refractivity contribution >= 4 is 15.9 Å². The fraction of sp³-hybridized carbons (Fsp3) is 0.231. The minimum atomic E-state index is 0.445. The number of ether oxygens (including phenoxy) is 1. The smallest absolute Gasteiger partial charge is 0.146 e. The second kappa shape index (κ2) is 5.89. The van der Waals surface area contributed by atoms with E-state index >= 15 is 0 Å². The third kappa shape index (κ3) is 3.35. The van der Waals surface area contributed by atoms with Crippen molar-refractivity contribution in [1.29, 1.82) is 0 Å². The molecular formula is C13H14BrNO2. The molecule has 0 spiro atoms. The highest BCUT2D eigenvalue weighted by Gasteiger charge is 2.06. The zero-order chi connectivity index (χ0) is 12.1. The van der Waals surface area contributed by atoms with E-state index in [9.17, 15) is 0 Å². The van der Waals surface area contributed by atoms with Crippen LogP contribution in [0.2, 0.25) is 0 Å². The van der Waals surface area contributed by atoms with Crippen LogP contribution in [-0.4, -0.2) is 7.05 Å². The summed E-state index contributed by atoms with van der Waals surface area (Å²) in [6, 6.07) is 9.71. The van der Waals surface area contributed by atoms with Gasteiger partial charge in [-0.1, -0.05) is 22.0 Å². The minimum Gasteiger partial charge on any atom is -0.486 e. The van der Waals surface area contributed by atoms with Crippen LogP contribution < -0.4 is 10.1 Å². The first kappa shape index (κ1) is 12.2. The van der Waals surface area contributed by atoms with Crippen LogP contribution in [0.3, 0.4) is 0 Å². The highest BCUT2D eigenvalue weighted by atomic mass is 79.9. The lowest BCUT2D eigenvalue weighted by molar-refractivity contribution is 0.268. The van der Waals surface area contributed by atoms with Gasteiger partial charge >= 0.3 is 0 Å². The summed E-state index contributed by atoms with van der Waals surface area (Å²) in [6.45, 7) is 1.23. The van der Waals surface area contributed by atoms with Crippen LogP contribution in [0.5, 0.6) is 5.75 Å². The molecule has 0 aliphatic heterocycles. The molecule has 0 saturated carbocycles. The van der Waals surface area contributed by atoms with E-state index in [2.05, 4.69) is 21.2 Å². The van der Waals surface area contributed by atoms with Gasteiger partial charge in [-0.25, -0.2) is 0 Å². The predicted molar refractivity (Wildman–Crippen MR) is 69.9 cm³/mol. The van der Waals surface area contributed by atoms with Gasteiger partial charge in [-0.2, -0.15) is 0 Å². The first-order valence-electron chi connectivity index (χ1n) is 5.38. The molecule has 90 valence electrons. The van der Waals surface area contributed by atoms with Crippen molar-refractivity contribution in [2.24, 2.45) is 0 Å². The van der Waals surface area contributed by atoms with Crippen molar-refractivity contribution in [1.82, 2.24) is 5.32 Å². The summed E-state index contributed by atoms with van der Waals surface area (Å²) >= 11 is 3.41. The Bertz CT molecular complexity index is 482. The van der Waals surface area contributed by atoms with E-state index in [1.165, 1.54) is 0 Å². The Morgan fingerprint density at radius 2 is 2.24 bits per heavy atom. The first-order chi connectivity index (χ1) is 8.29. The lowest BCUT2D eigenvalue weighted by Gasteiger charge is -2.06. The molecule has 1 aromatic carbocycles. The Hall–Kier alpha value is -1.26. The Balaban J connectivity index is 1.99. The van der Waals surface area contributed by atoms with E-state index in [1.54, 1.807) is 6.26 Å². The highest BCUT2D eigenvalue weighted by molar-refractivity contribution is 9.10. The summed E-state index contributed by atoms with van der Waals surface area (Å²) in [5.74, 6) is 1.69. The summed E-state index contributed by atoms with van der Waals surface area (Å²) < 4.78 is 12.1. The number of furan rings is 1. The number of hydrogen-bond donors (Lipinski definition) is 1. The Kier molecular flexibility index (Phi) is 4.23. The van der Waals surface area contributed by atoms with Crippen molar-refractivity contribution < 1.29 is 9.15 Å². The maximum atomic E-state index is 5.67. The van der Waals surface area contributed by atoms with E-state index < -0.39 is 0 Å². The first-order valence-corrected chi connectivity index (χ1v) is 6.17. The lowest BCUT2D eigenvalue weighted by Crippen LogP contribution is -2.07. The average molecular weight is 296 g/mol. The quantitative estimate of drug-likeness (QED) is 0.919. The van der Waals surface area contributed by atoms with Gasteiger partial charge in [0, 0.05) is 16.6 Å². The second-order valence-electron chi connectivity index (χ2n) is 3.65. The van der Waals surface area contributed by atoms with Gasteiger partial charge in [0.1, 0.15) is 18.1 Å². The topological polar surface area (TPSA) is 34.4 Å². The molecule has 3 nitrogen and oxygen atoms in total. The van der Waals surface area contributed by atoms with Crippen LogP contribution in [0.1, 0.15) is 11.3 Å². The summed E-state index contributed by atoms with van der Waals surface area (Å²) in [7, 11) is 1.91. The standard InChI is InChI=1S/C13H14BrNO2/c1-15-8-10-5-6-16-13(10)9-17-12-4-2-3-11(14)7-12/h2-7,15H,8-9H2,1H3. The SMILES string of the molecule is CNCc1ccoc1COc1cccc(Br)c1. The summed E-state index contributed by atoms with van der Waals surface area (Å²) in [6.07, 6.45) is 1.69. The number of hydrogen-bond acceptors (Lipinski definition) is 3. The van der Waals surface area contributed by atoms with Gasteiger partial charge in [0.05, 0.1) is 6.26 Å². The van der Waals surface area contributed by atoms with Crippen LogP contribution >= 0.6 is 15.9 Å². The van der Waals surface area contributed by atoms with Gasteiger partial charge in [-0.15, -0.1) is 0 Å². The second-order valence-corrected chi connectivity index (χ2v) is 4.56. The van der Waals surface area contributed by atoms with Gasteiger partial charge in [0.15, 0.2) is 0 Å². The van der Waals surface area contributed by atoms with E-state index in [0.29, 0.717) is 6.61 Å². The third-order valence-corrected chi connectivity index (χ3v) is 2.86. The number of halogens is 1. The molecule has 0 radical (unpaired) electrons. The molecule has 0 fully saturated rings. The molecule has 4 heteroatoms. The van der Waals surface area contributed by atoms with Crippen molar-refractivity contribution in [3.05, 3.63) is 52.4 Å². The van der Waals surface area contributed by atoms with Crippen molar-refractivity contribution in [2.45, 2.75) is 13.2 Å². The minimum absolute atomic E-state index is 0.445. The highest BCUT2D eigenvalue weighted by Crippen LogP contribution is 2.20. The molecule has 0 amide bonds. The molecule has 1 heterocycles. The number of benzene rings is 1. The largest absolute Gasteiger partial charge is 0.486 e. The monoisotopic (exact) mass is 295 g/mol. The van der Waals surface area contributed by atoms with Gasteiger partial charge in [0.25, 0.3) is 0 Å². The molecule has 2 rings (SSSR count). The molecule has 17 heavy (non-hydrogen) atoms. The molecule has 0 aliphatic carbocycles. The lowest BCUT2D eigenvalue weighted by atomic mass is 10.2. The molecule has 0 unspecified atom stereocenters. The summed E-state index contributed by atoms with van der Waals surface area (Å²) in [5, 5.41) is 3.09. The zero-order valence-electron chi connectivity index (χ0n) is 9.57. The van der Waals surface area contributed by atoms with Crippen LogP contribution in [0.4, 0.5) is 0 Å². The van der Waals surface area contributed by atoms with E-state index in [1.807, 2.05) is 37.4 Å². The van der Waals surface area contributed by atoms with E-state index in [-0.39, 0.29) is 0 Å². The summed E-state index contributed by atoms with van der Waals surface area (Å²) in [5.41, 5.74) is 1.13. The van der Waals surface area contributed by atoms with Gasteiger partial charge < -0.3 is 14.5 Å². The van der Waals surface area contributed by atoms with Gasteiger partial charge in [-0.3, -0.25) is 0 Å². The molecule has 1 aromatic heterocycles. The normalized spacial score (nSPS) is 10.5. The fourth-order valence-corrected chi connectivity index (χ4v) is 1.93. The average Bonchev–Trinajstić information content (AvgIpc) is 2.75. The third-order valence-electron chi connectivity index (χ3n) is 2.37. The predicted octanol–water partition coefficient (Wildman–Crippen LogP) is 3.34. The van der Waals surface area contributed by atoms with Crippen LogP contribution in [0.25, 0.3) is 0 Å². The molecule has 0 saturated heterocycles. The molecule has 0 atom stereocenters. The molecule has 0 aliphatic rings. The van der Waals surface area contributed by atoms with Crippen molar-refractivity contribution in [3.63, 3.8) is 0 Å². The van der Waals surface area contributed by atoms with Crippen molar-refractivity contribution in [2.75, 3.05) is 7.05 Å². The summed E-state index contributed by atoms with van der Waals surface area (Å²) in [4.78, 5) is 0. The van der Waals surface area contributed by atoms with Gasteiger partial charge in [-0.05, 0) is 31.3 Å². The Morgan fingerprint density at radius 3 is 3.00 bits per heavy atom. The number of nitrogens with one attached hydrogen (secondary N) is 1. The van der Waals surface area contributed by atoms with E-state index in [0.717, 1.165) is 28.1 Å². The van der Waals surface area contributed by atoms with Crippen molar-refractivity contribution in [3.8, 4) is 5.75 Å². The number of rotatable bonds is 5. The molecule has 0 bridgehead atoms. The molecule has 2 aromatic rings. The zero-order valence-corrected chi connectivity index (χ0v) is 11.2. The van der Waals surface area contributed by atoms with E-state index in [4.69, 9.17) is 9.15 Å². The van der Waals surface area contributed by atoms with Crippen LogP contribution in [0.15, 0.2) is 45.5 Å². The fourth-order valence-electron chi connectivity index (χ4n) is 1.55. The maximum absolute atomic E-state index is 5.67.